The average molecular weight is 294 g/mol. The maximum Gasteiger partial charge on any atom is 0.306 e. The van der Waals surface area contributed by atoms with Crippen molar-refractivity contribution in [3.05, 3.63) is 23.5 Å². The van der Waals surface area contributed by atoms with Crippen LogP contribution in [0.3, 0.4) is 0 Å². The van der Waals surface area contributed by atoms with Gasteiger partial charge in [0.15, 0.2) is 5.78 Å². The van der Waals surface area contributed by atoms with E-state index in [1.54, 1.807) is 6.92 Å². The molecule has 0 saturated carbocycles. The van der Waals surface area contributed by atoms with E-state index in [9.17, 15) is 14.4 Å². The second-order valence-electron chi connectivity index (χ2n) is 5.40. The zero-order chi connectivity index (χ0) is 16.0. The summed E-state index contributed by atoms with van der Waals surface area (Å²) >= 11 is 0. The second kappa shape index (κ2) is 7.61. The Hall–Kier alpha value is -2.11. The van der Waals surface area contributed by atoms with Crippen molar-refractivity contribution in [1.29, 1.82) is 0 Å². The van der Waals surface area contributed by atoms with Crippen LogP contribution >= 0.6 is 0 Å². The summed E-state index contributed by atoms with van der Waals surface area (Å²) in [5, 5.41) is 11.6. The first-order valence-corrected chi connectivity index (χ1v) is 7.04. The number of carbonyl (C=O) groups is 3. The van der Waals surface area contributed by atoms with Gasteiger partial charge in [-0.2, -0.15) is 0 Å². The number of nitrogens with one attached hydrogen (secondary N) is 2. The summed E-state index contributed by atoms with van der Waals surface area (Å²) in [6.07, 6.45) is 3.55. The van der Waals surface area contributed by atoms with E-state index in [4.69, 9.17) is 5.11 Å². The number of aromatic nitrogens is 1. The van der Waals surface area contributed by atoms with Gasteiger partial charge in [0.2, 0.25) is 0 Å². The van der Waals surface area contributed by atoms with Crippen molar-refractivity contribution in [3.63, 3.8) is 0 Å². The van der Waals surface area contributed by atoms with Gasteiger partial charge >= 0.3 is 5.97 Å². The molecular formula is C15H22N2O4. The van der Waals surface area contributed by atoms with Crippen LogP contribution in [0.25, 0.3) is 0 Å². The quantitative estimate of drug-likeness (QED) is 0.640. The fourth-order valence-corrected chi connectivity index (χ4v) is 1.96. The van der Waals surface area contributed by atoms with E-state index in [2.05, 4.69) is 10.3 Å². The lowest BCUT2D eigenvalue weighted by molar-refractivity contribution is -0.141. The summed E-state index contributed by atoms with van der Waals surface area (Å²) in [6, 6.07) is 1.47. The highest BCUT2D eigenvalue weighted by molar-refractivity contribution is 5.99. The van der Waals surface area contributed by atoms with Crippen LogP contribution in [0.15, 0.2) is 12.3 Å². The molecule has 1 heterocycles. The molecule has 2 unspecified atom stereocenters. The topological polar surface area (TPSA) is 99.3 Å². The highest BCUT2D eigenvalue weighted by Crippen LogP contribution is 2.10. The molecule has 0 radical (unpaired) electrons. The van der Waals surface area contributed by atoms with E-state index in [0.29, 0.717) is 24.1 Å². The summed E-state index contributed by atoms with van der Waals surface area (Å²) < 4.78 is 0. The molecule has 1 aromatic heterocycles. The Morgan fingerprint density at radius 2 is 1.95 bits per heavy atom. The van der Waals surface area contributed by atoms with Gasteiger partial charge in [0.25, 0.3) is 5.91 Å². The normalized spacial score (nSPS) is 13.5. The summed E-state index contributed by atoms with van der Waals surface area (Å²) in [5.41, 5.74) is 0.828. The molecule has 0 fully saturated rings. The number of amides is 1. The van der Waals surface area contributed by atoms with Crippen LogP contribution in [0.4, 0.5) is 0 Å². The number of hydrogen-bond acceptors (Lipinski definition) is 3. The number of Topliss-reactive ketones (excluding diaryl/α,β-unsaturated/α-hetero) is 1. The lowest BCUT2D eigenvalue weighted by Crippen LogP contribution is -2.32. The molecule has 116 valence electrons. The maximum absolute atomic E-state index is 11.9. The van der Waals surface area contributed by atoms with Crippen molar-refractivity contribution in [1.82, 2.24) is 10.3 Å². The zero-order valence-corrected chi connectivity index (χ0v) is 12.6. The van der Waals surface area contributed by atoms with Gasteiger partial charge in [-0.25, -0.2) is 0 Å². The van der Waals surface area contributed by atoms with Crippen molar-refractivity contribution < 1.29 is 19.5 Å². The molecule has 3 N–H and O–H groups in total. The number of carboxylic acids is 1. The number of aromatic amines is 1. The van der Waals surface area contributed by atoms with Crippen LogP contribution in [0.2, 0.25) is 0 Å². The summed E-state index contributed by atoms with van der Waals surface area (Å²) in [5.74, 6) is -1.52. The van der Waals surface area contributed by atoms with Gasteiger partial charge in [-0.05, 0) is 32.8 Å². The Morgan fingerprint density at radius 3 is 2.48 bits per heavy atom. The Balaban J connectivity index is 2.39. The lowest BCUT2D eigenvalue weighted by atomic mass is 10.0. The first kappa shape index (κ1) is 16.9. The third-order valence-electron chi connectivity index (χ3n) is 3.41. The Morgan fingerprint density at radius 1 is 1.29 bits per heavy atom. The van der Waals surface area contributed by atoms with Gasteiger partial charge in [-0.3, -0.25) is 14.4 Å². The standard InChI is InChI=1S/C15H22N2O4/c1-9(15(20)21)5-4-6-10(2)17-14(19)13-7-12(8-16-13)11(3)18/h7-10,16H,4-6H2,1-3H3,(H,17,19)(H,20,21). The molecule has 2 atom stereocenters. The summed E-state index contributed by atoms with van der Waals surface area (Å²) in [6.45, 7) is 4.99. The Labute approximate surface area is 123 Å². The molecule has 0 aromatic carbocycles. The summed E-state index contributed by atoms with van der Waals surface area (Å²) in [7, 11) is 0. The molecule has 1 rings (SSSR count). The van der Waals surface area contributed by atoms with E-state index >= 15 is 0 Å². The number of rotatable bonds is 8. The molecule has 0 aliphatic carbocycles. The fourth-order valence-electron chi connectivity index (χ4n) is 1.96. The minimum atomic E-state index is -0.796. The van der Waals surface area contributed by atoms with Gasteiger partial charge in [0, 0.05) is 17.8 Å². The molecule has 0 aliphatic heterocycles. The third kappa shape index (κ3) is 5.41. The van der Waals surface area contributed by atoms with Crippen molar-refractivity contribution in [2.24, 2.45) is 5.92 Å². The van der Waals surface area contributed by atoms with Crippen molar-refractivity contribution in [2.75, 3.05) is 0 Å². The number of carboxylic acid groups (broad SMARTS) is 1. The first-order chi connectivity index (χ1) is 9.81. The van der Waals surface area contributed by atoms with E-state index in [1.807, 2.05) is 6.92 Å². The van der Waals surface area contributed by atoms with Crippen LogP contribution < -0.4 is 5.32 Å². The largest absolute Gasteiger partial charge is 0.481 e. The van der Waals surface area contributed by atoms with Gasteiger partial charge < -0.3 is 15.4 Å². The molecular weight excluding hydrogens is 272 g/mol. The predicted molar refractivity (Wildman–Crippen MR) is 78.4 cm³/mol. The molecule has 1 amide bonds. The molecule has 21 heavy (non-hydrogen) atoms. The molecule has 0 bridgehead atoms. The van der Waals surface area contributed by atoms with Gasteiger partial charge in [-0.1, -0.05) is 13.3 Å². The number of carbonyl (C=O) groups excluding carboxylic acids is 2. The van der Waals surface area contributed by atoms with Crippen molar-refractivity contribution >= 4 is 17.7 Å². The Kier molecular flexibility index (Phi) is 6.14. The predicted octanol–water partition coefficient (Wildman–Crippen LogP) is 2.23. The van der Waals surface area contributed by atoms with E-state index < -0.39 is 5.97 Å². The molecule has 0 aliphatic rings. The van der Waals surface area contributed by atoms with Gasteiger partial charge in [-0.15, -0.1) is 0 Å². The number of H-pyrrole nitrogens is 1. The number of ketones is 1. The monoisotopic (exact) mass is 294 g/mol. The van der Waals surface area contributed by atoms with Crippen LogP contribution in [-0.4, -0.2) is 33.8 Å². The second-order valence-corrected chi connectivity index (χ2v) is 5.40. The van der Waals surface area contributed by atoms with Crippen molar-refractivity contribution in [3.8, 4) is 0 Å². The minimum Gasteiger partial charge on any atom is -0.481 e. The number of aliphatic carboxylic acids is 1. The van der Waals surface area contributed by atoms with E-state index in [0.717, 1.165) is 6.42 Å². The molecule has 0 saturated heterocycles. The third-order valence-corrected chi connectivity index (χ3v) is 3.41. The smallest absolute Gasteiger partial charge is 0.306 e. The lowest BCUT2D eigenvalue weighted by Gasteiger charge is -2.14. The minimum absolute atomic E-state index is 0.0532. The van der Waals surface area contributed by atoms with Crippen LogP contribution in [0.1, 0.15) is 60.9 Å². The molecule has 6 heteroatoms. The fraction of sp³-hybridized carbons (Fsp3) is 0.533. The van der Waals surface area contributed by atoms with Gasteiger partial charge in [0.05, 0.1) is 5.92 Å². The van der Waals surface area contributed by atoms with E-state index in [-0.39, 0.29) is 23.7 Å². The van der Waals surface area contributed by atoms with Gasteiger partial charge in [0.1, 0.15) is 5.69 Å². The molecule has 1 aromatic rings. The zero-order valence-electron chi connectivity index (χ0n) is 12.6. The summed E-state index contributed by atoms with van der Waals surface area (Å²) in [4.78, 5) is 36.6. The highest BCUT2D eigenvalue weighted by Gasteiger charge is 2.14. The molecule has 0 spiro atoms. The SMILES string of the molecule is CC(=O)c1c[nH]c(C(=O)NC(C)CCCC(C)C(=O)O)c1. The van der Waals surface area contributed by atoms with Crippen LogP contribution in [0, 0.1) is 5.92 Å². The number of hydrogen-bond donors (Lipinski definition) is 3. The first-order valence-electron chi connectivity index (χ1n) is 7.04. The van der Waals surface area contributed by atoms with Crippen LogP contribution in [0.5, 0.6) is 0 Å². The van der Waals surface area contributed by atoms with Crippen LogP contribution in [-0.2, 0) is 4.79 Å². The van der Waals surface area contributed by atoms with Crippen molar-refractivity contribution in [2.45, 2.75) is 46.1 Å². The molecule has 6 nitrogen and oxygen atoms in total. The maximum atomic E-state index is 11.9. The Bertz CT molecular complexity index is 521. The highest BCUT2D eigenvalue weighted by atomic mass is 16.4. The van der Waals surface area contributed by atoms with E-state index in [1.165, 1.54) is 19.2 Å². The average Bonchev–Trinajstić information content (AvgIpc) is 2.88.